The zero-order valence-corrected chi connectivity index (χ0v) is 12.2. The van der Waals surface area contributed by atoms with Crippen LogP contribution in [0.2, 0.25) is 0 Å². The third-order valence-electron chi connectivity index (χ3n) is 2.97. The number of nitrogens with zero attached hydrogens (tertiary/aromatic N) is 2. The summed E-state index contributed by atoms with van der Waals surface area (Å²) in [6.07, 6.45) is 3.10. The van der Waals surface area contributed by atoms with Gasteiger partial charge >= 0.3 is 0 Å². The van der Waals surface area contributed by atoms with Gasteiger partial charge in [0, 0.05) is 33.1 Å². The van der Waals surface area contributed by atoms with Crippen molar-refractivity contribution in [2.75, 3.05) is 20.3 Å². The minimum Gasteiger partial charge on any atom is -0.469 e. The first-order chi connectivity index (χ1) is 10.2. The van der Waals surface area contributed by atoms with Crippen molar-refractivity contribution in [1.82, 2.24) is 15.5 Å². The van der Waals surface area contributed by atoms with Crippen LogP contribution >= 0.6 is 0 Å². The van der Waals surface area contributed by atoms with E-state index in [9.17, 15) is 4.79 Å². The summed E-state index contributed by atoms with van der Waals surface area (Å²) >= 11 is 0. The summed E-state index contributed by atoms with van der Waals surface area (Å²) in [5.74, 6) is 1.54. The number of nitrogens with one attached hydrogen (secondary N) is 1. The second-order valence-corrected chi connectivity index (χ2v) is 4.59. The molecule has 2 aromatic heterocycles. The lowest BCUT2D eigenvalue weighted by atomic mass is 10.2. The molecule has 0 atom stereocenters. The molecule has 1 N–H and O–H groups in total. The van der Waals surface area contributed by atoms with Crippen molar-refractivity contribution in [3.05, 3.63) is 24.0 Å². The van der Waals surface area contributed by atoms with Crippen molar-refractivity contribution in [2.24, 2.45) is 0 Å². The minimum absolute atomic E-state index is 0.0367. The molecule has 0 radical (unpaired) electrons. The van der Waals surface area contributed by atoms with E-state index < -0.39 is 0 Å². The van der Waals surface area contributed by atoms with Crippen molar-refractivity contribution >= 4 is 5.91 Å². The fourth-order valence-electron chi connectivity index (χ4n) is 1.82. The number of hydrogen-bond donors (Lipinski definition) is 1. The monoisotopic (exact) mass is 293 g/mol. The molecule has 0 fully saturated rings. The molecule has 0 saturated heterocycles. The van der Waals surface area contributed by atoms with Gasteiger partial charge in [-0.25, -0.2) is 0 Å². The van der Waals surface area contributed by atoms with Gasteiger partial charge in [0.2, 0.25) is 11.8 Å². The maximum Gasteiger partial charge on any atom is 0.251 e. The van der Waals surface area contributed by atoms with Gasteiger partial charge < -0.3 is 18.9 Å². The van der Waals surface area contributed by atoms with E-state index in [1.54, 1.807) is 19.4 Å². The van der Waals surface area contributed by atoms with Crippen LogP contribution in [0, 0.1) is 6.92 Å². The molecule has 7 nitrogen and oxygen atoms in total. The van der Waals surface area contributed by atoms with Crippen LogP contribution in [0.25, 0.3) is 11.5 Å². The van der Waals surface area contributed by atoms with Gasteiger partial charge in [0.05, 0.1) is 11.8 Å². The van der Waals surface area contributed by atoms with E-state index in [4.69, 9.17) is 13.6 Å². The average molecular weight is 293 g/mol. The number of methoxy groups -OCH3 is 1. The summed E-state index contributed by atoms with van der Waals surface area (Å²) in [5, 5.41) is 10.7. The molecular formula is C14H19N3O4. The molecule has 0 aliphatic carbocycles. The Morgan fingerprint density at radius 1 is 1.43 bits per heavy atom. The van der Waals surface area contributed by atoms with Crippen LogP contribution in [0.4, 0.5) is 0 Å². The standard InChI is InChI=1S/C14H19N3O4/c1-10-11(6-9-20-10)14-17-16-13(21-14)5-4-12(18)15-7-3-8-19-2/h6,9H,3-5,7-8H2,1-2H3,(H,15,18). The van der Waals surface area contributed by atoms with E-state index in [0.29, 0.717) is 37.8 Å². The summed E-state index contributed by atoms with van der Waals surface area (Å²) in [5.41, 5.74) is 0.776. The van der Waals surface area contributed by atoms with Gasteiger partial charge in [-0.2, -0.15) is 0 Å². The number of aromatic nitrogens is 2. The Hall–Kier alpha value is -2.15. The maximum absolute atomic E-state index is 11.6. The first-order valence-corrected chi connectivity index (χ1v) is 6.83. The summed E-state index contributed by atoms with van der Waals surface area (Å²) in [4.78, 5) is 11.6. The molecule has 2 heterocycles. The van der Waals surface area contributed by atoms with Crippen molar-refractivity contribution in [3.63, 3.8) is 0 Å². The Bertz CT molecular complexity index is 576. The smallest absolute Gasteiger partial charge is 0.251 e. The highest BCUT2D eigenvalue weighted by Crippen LogP contribution is 2.22. The van der Waals surface area contributed by atoms with Crippen LogP contribution in [-0.4, -0.2) is 36.4 Å². The van der Waals surface area contributed by atoms with E-state index in [0.717, 1.165) is 17.7 Å². The van der Waals surface area contributed by atoms with E-state index in [1.165, 1.54) is 0 Å². The van der Waals surface area contributed by atoms with Gasteiger partial charge in [0.25, 0.3) is 5.89 Å². The fraction of sp³-hybridized carbons (Fsp3) is 0.500. The van der Waals surface area contributed by atoms with Crippen molar-refractivity contribution in [1.29, 1.82) is 0 Å². The van der Waals surface area contributed by atoms with Gasteiger partial charge in [0.15, 0.2) is 0 Å². The Morgan fingerprint density at radius 3 is 3.00 bits per heavy atom. The van der Waals surface area contributed by atoms with Gasteiger partial charge in [-0.05, 0) is 19.4 Å². The minimum atomic E-state index is -0.0367. The summed E-state index contributed by atoms with van der Waals surface area (Å²) in [7, 11) is 1.64. The molecule has 2 aromatic rings. The SMILES string of the molecule is COCCCNC(=O)CCc1nnc(-c2ccoc2C)o1. The average Bonchev–Trinajstić information content (AvgIpc) is 3.10. The topological polar surface area (TPSA) is 90.4 Å². The number of aryl methyl sites for hydroxylation is 2. The van der Waals surface area contributed by atoms with Crippen LogP contribution < -0.4 is 5.32 Å². The number of carbonyl (C=O) groups excluding carboxylic acids is 1. The Labute approximate surface area is 122 Å². The number of hydrogen-bond acceptors (Lipinski definition) is 6. The first-order valence-electron chi connectivity index (χ1n) is 6.83. The predicted octanol–water partition coefficient (Wildman–Crippen LogP) is 1.72. The molecule has 0 spiro atoms. The van der Waals surface area contributed by atoms with Crippen LogP contribution in [0.1, 0.15) is 24.5 Å². The number of ether oxygens (including phenoxy) is 1. The lowest BCUT2D eigenvalue weighted by Crippen LogP contribution is -2.25. The normalized spacial score (nSPS) is 10.8. The Morgan fingerprint density at radius 2 is 2.29 bits per heavy atom. The molecular weight excluding hydrogens is 274 g/mol. The Kier molecular flexibility index (Phi) is 5.51. The summed E-state index contributed by atoms with van der Waals surface area (Å²) < 4.78 is 15.6. The molecule has 21 heavy (non-hydrogen) atoms. The third kappa shape index (κ3) is 4.42. The van der Waals surface area contributed by atoms with E-state index in [1.807, 2.05) is 6.92 Å². The fourth-order valence-corrected chi connectivity index (χ4v) is 1.82. The number of carbonyl (C=O) groups is 1. The highest BCUT2D eigenvalue weighted by Gasteiger charge is 2.13. The third-order valence-corrected chi connectivity index (χ3v) is 2.97. The van der Waals surface area contributed by atoms with Crippen molar-refractivity contribution < 1.29 is 18.4 Å². The molecule has 0 saturated carbocycles. The highest BCUT2D eigenvalue weighted by molar-refractivity contribution is 5.75. The van der Waals surface area contributed by atoms with E-state index in [2.05, 4.69) is 15.5 Å². The Balaban J connectivity index is 1.78. The van der Waals surface area contributed by atoms with Gasteiger partial charge in [-0.1, -0.05) is 0 Å². The molecule has 0 aliphatic heterocycles. The van der Waals surface area contributed by atoms with E-state index in [-0.39, 0.29) is 5.91 Å². The second kappa shape index (κ2) is 7.58. The number of furan rings is 1. The van der Waals surface area contributed by atoms with Crippen LogP contribution in [0.3, 0.4) is 0 Å². The van der Waals surface area contributed by atoms with Crippen LogP contribution in [-0.2, 0) is 16.0 Å². The second-order valence-electron chi connectivity index (χ2n) is 4.59. The van der Waals surface area contributed by atoms with Crippen molar-refractivity contribution in [2.45, 2.75) is 26.2 Å². The summed E-state index contributed by atoms with van der Waals surface area (Å²) in [6, 6.07) is 1.77. The highest BCUT2D eigenvalue weighted by atomic mass is 16.5. The first kappa shape index (κ1) is 15.2. The largest absolute Gasteiger partial charge is 0.469 e. The molecule has 0 bridgehead atoms. The molecule has 0 unspecified atom stereocenters. The van der Waals surface area contributed by atoms with Gasteiger partial charge in [0.1, 0.15) is 5.76 Å². The number of amides is 1. The zero-order chi connectivity index (χ0) is 15.1. The maximum atomic E-state index is 11.6. The summed E-state index contributed by atoms with van der Waals surface area (Å²) in [6.45, 7) is 3.07. The lowest BCUT2D eigenvalue weighted by molar-refractivity contribution is -0.121. The van der Waals surface area contributed by atoms with Crippen molar-refractivity contribution in [3.8, 4) is 11.5 Å². The molecule has 1 amide bonds. The van der Waals surface area contributed by atoms with Crippen LogP contribution in [0.5, 0.6) is 0 Å². The van der Waals surface area contributed by atoms with Crippen LogP contribution in [0.15, 0.2) is 21.2 Å². The number of rotatable bonds is 8. The molecule has 0 aromatic carbocycles. The van der Waals surface area contributed by atoms with E-state index >= 15 is 0 Å². The lowest BCUT2D eigenvalue weighted by Gasteiger charge is -2.03. The zero-order valence-electron chi connectivity index (χ0n) is 12.2. The molecule has 2 rings (SSSR count). The molecule has 0 aliphatic rings. The molecule has 114 valence electrons. The molecule has 7 heteroatoms. The quantitative estimate of drug-likeness (QED) is 0.745. The van der Waals surface area contributed by atoms with Gasteiger partial charge in [-0.3, -0.25) is 4.79 Å². The van der Waals surface area contributed by atoms with Gasteiger partial charge in [-0.15, -0.1) is 10.2 Å². The predicted molar refractivity (Wildman–Crippen MR) is 74.6 cm³/mol.